The van der Waals surface area contributed by atoms with Gasteiger partial charge in [0.25, 0.3) is 0 Å². The number of hydrogen-bond donors (Lipinski definition) is 2. The first-order valence-electron chi connectivity index (χ1n) is 8.93. The van der Waals surface area contributed by atoms with Gasteiger partial charge in [0.1, 0.15) is 11.6 Å². The van der Waals surface area contributed by atoms with E-state index in [1.54, 1.807) is 6.07 Å². The van der Waals surface area contributed by atoms with Crippen molar-refractivity contribution in [3.05, 3.63) is 35.4 Å². The third-order valence-corrected chi connectivity index (χ3v) is 4.46. The summed E-state index contributed by atoms with van der Waals surface area (Å²) in [4.78, 5) is 8.78. The minimum atomic E-state index is -0.545. The lowest BCUT2D eigenvalue weighted by Crippen LogP contribution is -2.53. The van der Waals surface area contributed by atoms with Crippen molar-refractivity contribution in [3.8, 4) is 0 Å². The molecule has 148 valence electrons. The molecule has 8 heteroatoms. The van der Waals surface area contributed by atoms with Crippen LogP contribution in [0.25, 0.3) is 0 Å². The summed E-state index contributed by atoms with van der Waals surface area (Å²) < 4.78 is 27.3. The van der Waals surface area contributed by atoms with E-state index in [4.69, 9.17) is 5.11 Å². The molecule has 0 amide bonds. The maximum atomic E-state index is 14.2. The molecule has 26 heavy (non-hydrogen) atoms. The lowest BCUT2D eigenvalue weighted by molar-refractivity contribution is 0.124. The van der Waals surface area contributed by atoms with E-state index in [2.05, 4.69) is 20.1 Å². The standard InChI is InChI=1S/C18H28F2N4O.HI/c1-3-17(15-6-5-14(19)13-16(15)20)23-8-10-24(11-9-23)18(21-4-2)22-7-12-25;/h5-6,13,17,25H,3-4,7-12H2,1-2H3,(H,21,22);1H. The Morgan fingerprint density at radius 1 is 1.23 bits per heavy atom. The Hall–Kier alpha value is -1.00. The Labute approximate surface area is 171 Å². The van der Waals surface area contributed by atoms with E-state index in [0.717, 1.165) is 51.2 Å². The smallest absolute Gasteiger partial charge is 0.194 e. The molecule has 1 fully saturated rings. The largest absolute Gasteiger partial charge is 0.394 e. The van der Waals surface area contributed by atoms with Crippen LogP contribution in [0.5, 0.6) is 0 Å². The fourth-order valence-electron chi connectivity index (χ4n) is 3.27. The van der Waals surface area contributed by atoms with Gasteiger partial charge in [0.05, 0.1) is 13.2 Å². The average Bonchev–Trinajstić information content (AvgIpc) is 2.61. The van der Waals surface area contributed by atoms with Crippen LogP contribution in [0, 0.1) is 11.6 Å². The van der Waals surface area contributed by atoms with Crippen molar-refractivity contribution in [1.82, 2.24) is 15.1 Å². The molecule has 2 N–H and O–H groups in total. The van der Waals surface area contributed by atoms with E-state index < -0.39 is 11.6 Å². The zero-order chi connectivity index (χ0) is 18.2. The maximum absolute atomic E-state index is 14.2. The van der Waals surface area contributed by atoms with E-state index in [1.807, 2.05) is 13.8 Å². The summed E-state index contributed by atoms with van der Waals surface area (Å²) >= 11 is 0. The van der Waals surface area contributed by atoms with E-state index >= 15 is 0 Å². The molecule has 1 heterocycles. The molecule has 0 aromatic heterocycles. The molecule has 0 bridgehead atoms. The number of hydrogen-bond acceptors (Lipinski definition) is 3. The van der Waals surface area contributed by atoms with E-state index in [1.165, 1.54) is 6.07 Å². The van der Waals surface area contributed by atoms with Crippen LogP contribution in [0.2, 0.25) is 0 Å². The molecule has 1 saturated heterocycles. The van der Waals surface area contributed by atoms with Gasteiger partial charge in [0.15, 0.2) is 5.96 Å². The third kappa shape index (κ3) is 6.02. The molecule has 1 aliphatic rings. The van der Waals surface area contributed by atoms with Gasteiger partial charge < -0.3 is 15.3 Å². The number of aliphatic hydroxyl groups is 1. The van der Waals surface area contributed by atoms with Gasteiger partial charge in [0, 0.05) is 50.4 Å². The van der Waals surface area contributed by atoms with Crippen molar-refractivity contribution in [2.75, 3.05) is 45.9 Å². The van der Waals surface area contributed by atoms with E-state index in [-0.39, 0.29) is 36.6 Å². The number of nitrogens with one attached hydrogen (secondary N) is 1. The van der Waals surface area contributed by atoms with Crippen LogP contribution in [0.4, 0.5) is 8.78 Å². The second kappa shape index (κ2) is 11.7. The quantitative estimate of drug-likeness (QED) is 0.372. The normalized spacial score (nSPS) is 17.0. The highest BCUT2D eigenvalue weighted by molar-refractivity contribution is 14.0. The number of guanidine groups is 1. The van der Waals surface area contributed by atoms with Gasteiger partial charge in [-0.3, -0.25) is 9.89 Å². The molecule has 0 radical (unpaired) electrons. The summed E-state index contributed by atoms with van der Waals surface area (Å²) in [6, 6.07) is 3.78. The molecule has 2 rings (SSSR count). The monoisotopic (exact) mass is 482 g/mol. The minimum Gasteiger partial charge on any atom is -0.394 e. The molecule has 1 aromatic carbocycles. The molecular formula is C18H29F2IN4O. The summed E-state index contributed by atoms with van der Waals surface area (Å²) in [5, 5.41) is 12.2. The number of aliphatic hydroxyl groups excluding tert-OH is 1. The lowest BCUT2D eigenvalue weighted by Gasteiger charge is -2.40. The van der Waals surface area contributed by atoms with Crippen LogP contribution in [0.1, 0.15) is 31.9 Å². The van der Waals surface area contributed by atoms with Gasteiger partial charge in [-0.2, -0.15) is 0 Å². The summed E-state index contributed by atoms with van der Waals surface area (Å²) in [7, 11) is 0. The number of halogens is 3. The van der Waals surface area contributed by atoms with Crippen molar-refractivity contribution in [2.24, 2.45) is 4.99 Å². The van der Waals surface area contributed by atoms with Crippen LogP contribution in [0.3, 0.4) is 0 Å². The SMILES string of the molecule is CCNC(=NCCO)N1CCN(C(CC)c2ccc(F)cc2F)CC1.I. The molecular weight excluding hydrogens is 453 g/mol. The second-order valence-electron chi connectivity index (χ2n) is 6.07. The van der Waals surface area contributed by atoms with Crippen molar-refractivity contribution >= 4 is 29.9 Å². The zero-order valence-electron chi connectivity index (χ0n) is 15.4. The highest BCUT2D eigenvalue weighted by Crippen LogP contribution is 2.28. The Bertz CT molecular complexity index is 580. The topological polar surface area (TPSA) is 51.1 Å². The summed E-state index contributed by atoms with van der Waals surface area (Å²) in [6.07, 6.45) is 0.765. The Kier molecular flexibility index (Phi) is 10.3. The second-order valence-corrected chi connectivity index (χ2v) is 6.07. The first kappa shape index (κ1) is 23.0. The zero-order valence-corrected chi connectivity index (χ0v) is 17.7. The number of nitrogens with zero attached hydrogens (tertiary/aromatic N) is 3. The molecule has 0 spiro atoms. The van der Waals surface area contributed by atoms with Crippen molar-refractivity contribution < 1.29 is 13.9 Å². The molecule has 1 atom stereocenters. The molecule has 1 aliphatic heterocycles. The summed E-state index contributed by atoms with van der Waals surface area (Å²) in [6.45, 7) is 8.30. The van der Waals surface area contributed by atoms with Gasteiger partial charge in [-0.05, 0) is 19.4 Å². The highest BCUT2D eigenvalue weighted by Gasteiger charge is 2.27. The summed E-state index contributed by atoms with van der Waals surface area (Å²) in [5.74, 6) is -0.222. The first-order chi connectivity index (χ1) is 12.1. The summed E-state index contributed by atoms with van der Waals surface area (Å²) in [5.41, 5.74) is 0.554. The van der Waals surface area contributed by atoms with Crippen LogP contribution < -0.4 is 5.32 Å². The van der Waals surface area contributed by atoms with Gasteiger partial charge in [0.2, 0.25) is 0 Å². The molecule has 1 unspecified atom stereocenters. The predicted octanol–water partition coefficient (Wildman–Crippen LogP) is 2.61. The van der Waals surface area contributed by atoms with Crippen molar-refractivity contribution in [3.63, 3.8) is 0 Å². The fraction of sp³-hybridized carbons (Fsp3) is 0.611. The van der Waals surface area contributed by atoms with Crippen LogP contribution in [-0.4, -0.2) is 66.7 Å². The first-order valence-corrected chi connectivity index (χ1v) is 8.93. The van der Waals surface area contributed by atoms with E-state index in [0.29, 0.717) is 12.1 Å². The number of aliphatic imine (C=N–C) groups is 1. The molecule has 0 saturated carbocycles. The Morgan fingerprint density at radius 3 is 2.46 bits per heavy atom. The van der Waals surface area contributed by atoms with Crippen LogP contribution >= 0.6 is 24.0 Å². The fourth-order valence-corrected chi connectivity index (χ4v) is 3.27. The minimum absolute atomic E-state index is 0. The average molecular weight is 482 g/mol. The van der Waals surface area contributed by atoms with Crippen LogP contribution in [0.15, 0.2) is 23.2 Å². The number of benzene rings is 1. The third-order valence-electron chi connectivity index (χ3n) is 4.46. The van der Waals surface area contributed by atoms with Crippen molar-refractivity contribution in [1.29, 1.82) is 0 Å². The Balaban J connectivity index is 0.00000338. The maximum Gasteiger partial charge on any atom is 0.194 e. The highest BCUT2D eigenvalue weighted by atomic mass is 127. The van der Waals surface area contributed by atoms with Gasteiger partial charge in [-0.25, -0.2) is 8.78 Å². The number of piperazine rings is 1. The van der Waals surface area contributed by atoms with E-state index in [9.17, 15) is 8.78 Å². The Morgan fingerprint density at radius 2 is 1.92 bits per heavy atom. The predicted molar refractivity (Wildman–Crippen MR) is 111 cm³/mol. The molecule has 1 aromatic rings. The van der Waals surface area contributed by atoms with Crippen LogP contribution in [-0.2, 0) is 0 Å². The molecule has 0 aliphatic carbocycles. The van der Waals surface area contributed by atoms with Gasteiger partial charge in [-0.1, -0.05) is 13.0 Å². The molecule has 5 nitrogen and oxygen atoms in total. The van der Waals surface area contributed by atoms with Gasteiger partial charge >= 0.3 is 0 Å². The van der Waals surface area contributed by atoms with Gasteiger partial charge in [-0.15, -0.1) is 24.0 Å². The lowest BCUT2D eigenvalue weighted by atomic mass is 10.0. The van der Waals surface area contributed by atoms with Crippen molar-refractivity contribution in [2.45, 2.75) is 26.3 Å². The number of rotatable bonds is 6.